The van der Waals surface area contributed by atoms with E-state index < -0.39 is 51.3 Å². The van der Waals surface area contributed by atoms with E-state index in [1.54, 1.807) is 6.92 Å². The van der Waals surface area contributed by atoms with Gasteiger partial charge in [0.25, 0.3) is 0 Å². The molecule has 0 saturated carbocycles. The Balaban J connectivity index is 2.06. The van der Waals surface area contributed by atoms with E-state index in [9.17, 15) is 27.6 Å². The monoisotopic (exact) mass is 533 g/mol. The maximum atomic E-state index is 13.1. The molecule has 0 aromatic rings. The van der Waals surface area contributed by atoms with Gasteiger partial charge in [0.05, 0.1) is 12.6 Å². The molecule has 3 amide bonds. The van der Waals surface area contributed by atoms with Crippen LogP contribution in [-0.2, 0) is 38.3 Å². The zero-order chi connectivity index (χ0) is 26.7. The average Bonchev–Trinajstić information content (AvgIpc) is 3.07. The Kier molecular flexibility index (Phi) is 11.9. The molecule has 2 heterocycles. The summed E-state index contributed by atoms with van der Waals surface area (Å²) in [4.78, 5) is 50.7. The Morgan fingerprint density at radius 2 is 1.75 bits per heavy atom. The van der Waals surface area contributed by atoms with Crippen molar-refractivity contribution < 1.29 is 41.4 Å². The van der Waals surface area contributed by atoms with E-state index in [2.05, 4.69) is 5.32 Å². The largest absolute Gasteiger partial charge is 0.465 e. The smallest absolute Gasteiger partial charge is 0.346 e. The molecule has 1 unspecified atom stereocenters. The highest BCUT2D eigenvalue weighted by atomic mass is 32.2. The number of urea groups is 1. The van der Waals surface area contributed by atoms with E-state index in [-0.39, 0.29) is 39.1 Å². The molecule has 13 heteroatoms. The number of nitrogens with zero attached hydrogens (tertiary/aromatic N) is 2. The van der Waals surface area contributed by atoms with Crippen molar-refractivity contribution in [2.75, 3.05) is 19.9 Å². The van der Waals surface area contributed by atoms with Crippen LogP contribution in [0.3, 0.4) is 0 Å². The summed E-state index contributed by atoms with van der Waals surface area (Å²) < 4.78 is 41.5. The van der Waals surface area contributed by atoms with Crippen molar-refractivity contribution in [3.63, 3.8) is 0 Å². The lowest BCUT2D eigenvalue weighted by atomic mass is 10.0. The van der Waals surface area contributed by atoms with Crippen LogP contribution in [0.1, 0.15) is 85.0 Å². The molecular weight excluding hydrogens is 494 g/mol. The van der Waals surface area contributed by atoms with Gasteiger partial charge in [-0.15, -0.1) is 4.28 Å². The minimum Gasteiger partial charge on any atom is -0.465 e. The summed E-state index contributed by atoms with van der Waals surface area (Å²) in [5.74, 6) is -1.86. The lowest BCUT2D eigenvalue weighted by Gasteiger charge is -2.29. The van der Waals surface area contributed by atoms with Crippen LogP contribution in [-0.4, -0.2) is 79.5 Å². The number of unbranched alkanes of at least 4 members (excludes halogenated alkanes) is 4. The third-order valence-corrected chi connectivity index (χ3v) is 7.74. The fraction of sp³-hybridized carbons (Fsp3) is 0.826. The minimum absolute atomic E-state index is 0.0330. The summed E-state index contributed by atoms with van der Waals surface area (Å²) in [5, 5.41) is 1.68. The Bertz CT molecular complexity index is 880. The molecule has 0 radical (unpaired) electrons. The van der Waals surface area contributed by atoms with Crippen molar-refractivity contribution >= 4 is 34.0 Å². The van der Waals surface area contributed by atoms with E-state index in [0.29, 0.717) is 19.3 Å². The number of piperidine rings is 1. The first kappa shape index (κ1) is 29.8. The fourth-order valence-corrected chi connectivity index (χ4v) is 5.39. The molecule has 12 nitrogen and oxygen atoms in total. The third-order valence-electron chi connectivity index (χ3n) is 6.25. The van der Waals surface area contributed by atoms with Crippen molar-refractivity contribution in [1.82, 2.24) is 15.3 Å². The number of hydrogen-bond acceptors (Lipinski definition) is 9. The minimum atomic E-state index is -4.52. The van der Waals surface area contributed by atoms with Crippen molar-refractivity contribution in [3.05, 3.63) is 0 Å². The van der Waals surface area contributed by atoms with Gasteiger partial charge >= 0.3 is 28.1 Å². The molecule has 0 spiro atoms. The van der Waals surface area contributed by atoms with E-state index in [1.807, 2.05) is 13.8 Å². The summed E-state index contributed by atoms with van der Waals surface area (Å²) in [7, 11) is -4.52. The first-order valence-corrected chi connectivity index (χ1v) is 14.3. The topological polar surface area (TPSA) is 149 Å². The van der Waals surface area contributed by atoms with Gasteiger partial charge in [-0.1, -0.05) is 52.9 Å². The molecule has 3 atom stereocenters. The Hall–Kier alpha value is -2.41. The number of rotatable bonds is 16. The maximum absolute atomic E-state index is 13.1. The molecule has 206 valence electrons. The maximum Gasteiger partial charge on any atom is 0.346 e. The van der Waals surface area contributed by atoms with Crippen molar-refractivity contribution in [2.45, 2.75) is 102 Å². The highest BCUT2D eigenvalue weighted by Crippen LogP contribution is 2.32. The van der Waals surface area contributed by atoms with Gasteiger partial charge in [0.15, 0.2) is 12.0 Å². The zero-order valence-corrected chi connectivity index (χ0v) is 22.2. The quantitative estimate of drug-likeness (QED) is 0.179. The zero-order valence-electron chi connectivity index (χ0n) is 21.4. The number of carbonyl (C=O) groups is 4. The second-order valence-corrected chi connectivity index (χ2v) is 10.7. The number of fused-ring (bicyclic) bond motifs is 2. The van der Waals surface area contributed by atoms with E-state index in [4.69, 9.17) is 13.8 Å². The number of esters is 2. The second kappa shape index (κ2) is 14.4. The van der Waals surface area contributed by atoms with Crippen LogP contribution in [0.25, 0.3) is 0 Å². The standard InChI is InChI=1S/C23H39N3O9S/c1-4-7-9-10-11-19(22(29)33-14-8-5-2)36(31,32)35-26-17-12-13-18(25(15-17)23(26)30)21(28)24-16-34-20(27)6-3/h17-19H,4-16H2,1-3H3,(H,24,28)/t17-,18+,19?/m1/s1. The normalized spacial score (nSPS) is 20.2. The van der Waals surface area contributed by atoms with Gasteiger partial charge in [0, 0.05) is 13.0 Å². The summed E-state index contributed by atoms with van der Waals surface area (Å²) in [5.41, 5.74) is 0. The molecule has 0 aromatic carbocycles. The molecule has 2 aliphatic rings. The highest BCUT2D eigenvalue weighted by Gasteiger charge is 2.50. The van der Waals surface area contributed by atoms with Crippen LogP contribution < -0.4 is 5.32 Å². The van der Waals surface area contributed by atoms with Gasteiger partial charge in [-0.3, -0.25) is 14.4 Å². The summed E-state index contributed by atoms with van der Waals surface area (Å²) >= 11 is 0. The number of ether oxygens (including phenoxy) is 2. The Labute approximate surface area is 213 Å². The van der Waals surface area contributed by atoms with Gasteiger partial charge in [0.1, 0.15) is 6.04 Å². The molecule has 2 aliphatic heterocycles. The van der Waals surface area contributed by atoms with Gasteiger partial charge in [0.2, 0.25) is 5.91 Å². The SMILES string of the molecule is CCCCCCC(C(=O)OCCCC)S(=O)(=O)ON1C(=O)N2C[C@H]1CC[C@H]2C(=O)NCOC(=O)CC. The predicted molar refractivity (Wildman–Crippen MR) is 129 cm³/mol. The van der Waals surface area contributed by atoms with Crippen LogP contribution >= 0.6 is 0 Å². The van der Waals surface area contributed by atoms with Crippen LogP contribution in [0.4, 0.5) is 4.79 Å². The van der Waals surface area contributed by atoms with E-state index >= 15 is 0 Å². The van der Waals surface area contributed by atoms with Crippen LogP contribution in [0.15, 0.2) is 0 Å². The molecule has 1 N–H and O–H groups in total. The summed E-state index contributed by atoms with van der Waals surface area (Å²) in [6, 6.07) is -2.20. The number of amides is 3. The van der Waals surface area contributed by atoms with Crippen molar-refractivity contribution in [3.8, 4) is 0 Å². The lowest BCUT2D eigenvalue weighted by molar-refractivity contribution is -0.146. The Morgan fingerprint density at radius 3 is 2.42 bits per heavy atom. The summed E-state index contributed by atoms with van der Waals surface area (Å²) in [6.45, 7) is 5.46. The molecule has 2 bridgehead atoms. The molecule has 36 heavy (non-hydrogen) atoms. The highest BCUT2D eigenvalue weighted by molar-refractivity contribution is 7.88. The molecule has 2 fully saturated rings. The van der Waals surface area contributed by atoms with Gasteiger partial charge in [-0.25, -0.2) is 4.79 Å². The molecule has 0 aromatic heterocycles. The second-order valence-electron chi connectivity index (χ2n) is 8.99. The van der Waals surface area contributed by atoms with Gasteiger partial charge < -0.3 is 19.7 Å². The van der Waals surface area contributed by atoms with Crippen molar-refractivity contribution in [1.29, 1.82) is 0 Å². The van der Waals surface area contributed by atoms with Crippen LogP contribution in [0.5, 0.6) is 0 Å². The van der Waals surface area contributed by atoms with E-state index in [1.165, 1.54) is 4.90 Å². The number of carbonyl (C=O) groups excluding carboxylic acids is 4. The Morgan fingerprint density at radius 1 is 1.03 bits per heavy atom. The third kappa shape index (κ3) is 8.05. The number of nitrogens with one attached hydrogen (secondary N) is 1. The molecule has 2 rings (SSSR count). The lowest BCUT2D eigenvalue weighted by Crippen LogP contribution is -2.50. The average molecular weight is 534 g/mol. The first-order chi connectivity index (χ1) is 17.2. The number of hydroxylamine groups is 2. The van der Waals surface area contributed by atoms with Crippen LogP contribution in [0.2, 0.25) is 0 Å². The molecular formula is C23H39N3O9S. The first-order valence-electron chi connectivity index (χ1n) is 12.8. The van der Waals surface area contributed by atoms with E-state index in [0.717, 1.165) is 30.7 Å². The number of hydrogen-bond donors (Lipinski definition) is 1. The molecule has 2 saturated heterocycles. The van der Waals surface area contributed by atoms with Crippen molar-refractivity contribution in [2.24, 2.45) is 0 Å². The van der Waals surface area contributed by atoms with Gasteiger partial charge in [-0.05, 0) is 25.7 Å². The molecule has 0 aliphatic carbocycles. The van der Waals surface area contributed by atoms with Crippen LogP contribution in [0, 0.1) is 0 Å². The predicted octanol–water partition coefficient (Wildman–Crippen LogP) is 2.23. The summed E-state index contributed by atoms with van der Waals surface area (Å²) in [6.07, 6.45) is 5.31. The fourth-order valence-electron chi connectivity index (χ4n) is 4.12. The van der Waals surface area contributed by atoms with Gasteiger partial charge in [-0.2, -0.15) is 13.5 Å².